The van der Waals surface area contributed by atoms with Crippen molar-refractivity contribution in [2.75, 3.05) is 0 Å². The maximum absolute atomic E-state index is 10.3. The summed E-state index contributed by atoms with van der Waals surface area (Å²) in [7, 11) is 0. The van der Waals surface area contributed by atoms with Crippen LogP contribution in [0.3, 0.4) is 0 Å². The van der Waals surface area contributed by atoms with E-state index in [1.165, 1.54) is 24.3 Å². The fraction of sp³-hybridized carbons (Fsp3) is 0. The van der Waals surface area contributed by atoms with Gasteiger partial charge in [-0.3, -0.25) is 0 Å². The molecule has 19 heavy (non-hydrogen) atoms. The van der Waals surface area contributed by atoms with E-state index in [1.54, 1.807) is 6.07 Å². The molecule has 5 nitrogen and oxygen atoms in total. The lowest BCUT2D eigenvalue weighted by atomic mass is 10.2. The molecule has 0 bridgehead atoms. The van der Waals surface area contributed by atoms with Gasteiger partial charge in [0.05, 0.1) is 11.3 Å². The minimum Gasteiger partial charge on any atom is -0.507 e. The molecule has 0 atom stereocenters. The Bertz CT molecular complexity index is 768. The van der Waals surface area contributed by atoms with Gasteiger partial charge in [0.2, 0.25) is 12.0 Å². The van der Waals surface area contributed by atoms with Gasteiger partial charge >= 0.3 is 0 Å². The Labute approximate surface area is 107 Å². The Balaban J connectivity index is 2.19. The topological polar surface area (TPSA) is 75.7 Å². The zero-order valence-electron chi connectivity index (χ0n) is 9.70. The summed E-state index contributed by atoms with van der Waals surface area (Å²) in [5, 5.41) is 9.84. The number of phenols is 1. The summed E-state index contributed by atoms with van der Waals surface area (Å²) in [4.78, 5) is 18.0. The van der Waals surface area contributed by atoms with E-state index in [9.17, 15) is 9.90 Å². The number of benzene rings is 2. The lowest BCUT2D eigenvalue weighted by Gasteiger charge is -2.00. The zero-order valence-corrected chi connectivity index (χ0v) is 9.70. The van der Waals surface area contributed by atoms with Gasteiger partial charge in [-0.2, -0.15) is 4.99 Å². The second-order valence-electron chi connectivity index (χ2n) is 3.89. The molecule has 1 aromatic heterocycles. The molecular formula is C14H8N2O3. The predicted octanol–water partition coefficient (Wildman–Crippen LogP) is 3.17. The number of nitrogens with zero attached hydrogens (tertiary/aromatic N) is 2. The third-order valence-corrected chi connectivity index (χ3v) is 2.68. The van der Waals surface area contributed by atoms with Crippen LogP contribution in [0.2, 0.25) is 0 Å². The summed E-state index contributed by atoms with van der Waals surface area (Å²) in [6.45, 7) is 0. The van der Waals surface area contributed by atoms with Gasteiger partial charge in [-0.05, 0) is 30.3 Å². The molecule has 1 heterocycles. The van der Waals surface area contributed by atoms with E-state index >= 15 is 0 Å². The van der Waals surface area contributed by atoms with Crippen molar-refractivity contribution >= 4 is 22.9 Å². The van der Waals surface area contributed by atoms with Gasteiger partial charge in [-0.25, -0.2) is 9.78 Å². The summed E-state index contributed by atoms with van der Waals surface area (Å²) in [5.74, 6) is 0.290. The Morgan fingerprint density at radius 2 is 2.05 bits per heavy atom. The summed E-state index contributed by atoms with van der Waals surface area (Å²) in [5.41, 5.74) is 2.08. The Hall–Kier alpha value is -2.91. The maximum atomic E-state index is 10.3. The number of oxazole rings is 1. The van der Waals surface area contributed by atoms with E-state index in [2.05, 4.69) is 9.98 Å². The standard InChI is InChI=1S/C14H8N2O3/c17-8-15-9-5-6-12(18)10(7-9)14-16-11-3-1-2-4-13(11)19-14/h1-7,18H. The molecule has 0 aliphatic rings. The number of aromatic nitrogens is 1. The summed E-state index contributed by atoms with van der Waals surface area (Å²) in [6.07, 6.45) is 1.45. The zero-order chi connectivity index (χ0) is 13.2. The van der Waals surface area contributed by atoms with Gasteiger partial charge < -0.3 is 9.52 Å². The van der Waals surface area contributed by atoms with E-state index in [4.69, 9.17) is 4.42 Å². The second-order valence-corrected chi connectivity index (χ2v) is 3.89. The van der Waals surface area contributed by atoms with Gasteiger partial charge in [-0.1, -0.05) is 12.1 Å². The number of isocyanates is 1. The number of fused-ring (bicyclic) bond motifs is 1. The van der Waals surface area contributed by atoms with Crippen molar-refractivity contribution in [2.24, 2.45) is 4.99 Å². The smallest absolute Gasteiger partial charge is 0.240 e. The fourth-order valence-electron chi connectivity index (χ4n) is 1.80. The van der Waals surface area contributed by atoms with E-state index in [0.29, 0.717) is 22.4 Å². The average Bonchev–Trinajstić information content (AvgIpc) is 2.85. The van der Waals surface area contributed by atoms with Crippen molar-refractivity contribution in [3.8, 4) is 17.2 Å². The highest BCUT2D eigenvalue weighted by Gasteiger charge is 2.12. The van der Waals surface area contributed by atoms with Crippen LogP contribution in [0.25, 0.3) is 22.6 Å². The van der Waals surface area contributed by atoms with Gasteiger partial charge in [0, 0.05) is 0 Å². The second kappa shape index (κ2) is 4.40. The molecule has 0 saturated carbocycles. The first-order valence-corrected chi connectivity index (χ1v) is 5.55. The average molecular weight is 252 g/mol. The molecule has 0 radical (unpaired) electrons. The van der Waals surface area contributed by atoms with E-state index < -0.39 is 0 Å². The van der Waals surface area contributed by atoms with E-state index in [1.807, 2.05) is 18.2 Å². The fourth-order valence-corrected chi connectivity index (χ4v) is 1.80. The number of hydrogen-bond acceptors (Lipinski definition) is 5. The Morgan fingerprint density at radius 3 is 2.84 bits per heavy atom. The van der Waals surface area contributed by atoms with Gasteiger partial charge in [0.25, 0.3) is 0 Å². The summed E-state index contributed by atoms with van der Waals surface area (Å²) >= 11 is 0. The van der Waals surface area contributed by atoms with Crippen molar-refractivity contribution in [1.29, 1.82) is 0 Å². The number of carbonyl (C=O) groups excluding carboxylic acids is 1. The van der Waals surface area contributed by atoms with Crippen molar-refractivity contribution in [1.82, 2.24) is 4.98 Å². The lowest BCUT2D eigenvalue weighted by Crippen LogP contribution is -1.78. The van der Waals surface area contributed by atoms with Crippen LogP contribution in [0, 0.1) is 0 Å². The third-order valence-electron chi connectivity index (χ3n) is 2.68. The molecule has 0 spiro atoms. The van der Waals surface area contributed by atoms with Crippen LogP contribution < -0.4 is 0 Å². The molecule has 0 amide bonds. The highest BCUT2D eigenvalue weighted by atomic mass is 16.3. The highest BCUT2D eigenvalue weighted by Crippen LogP contribution is 2.33. The largest absolute Gasteiger partial charge is 0.507 e. The SMILES string of the molecule is O=C=Nc1ccc(O)c(-c2nc3ccccc3o2)c1. The quantitative estimate of drug-likeness (QED) is 0.561. The van der Waals surface area contributed by atoms with Crippen LogP contribution in [-0.4, -0.2) is 16.2 Å². The molecule has 0 saturated heterocycles. The van der Waals surface area contributed by atoms with Crippen LogP contribution >= 0.6 is 0 Å². The first-order chi connectivity index (χ1) is 9.28. The van der Waals surface area contributed by atoms with Gasteiger partial charge in [-0.15, -0.1) is 0 Å². The van der Waals surface area contributed by atoms with Crippen LogP contribution in [0.1, 0.15) is 0 Å². The van der Waals surface area contributed by atoms with E-state index in [0.717, 1.165) is 0 Å². The molecule has 92 valence electrons. The molecule has 5 heteroatoms. The normalized spacial score (nSPS) is 10.3. The molecule has 0 aliphatic heterocycles. The highest BCUT2D eigenvalue weighted by molar-refractivity contribution is 5.78. The van der Waals surface area contributed by atoms with Crippen LogP contribution in [0.15, 0.2) is 51.9 Å². The minimum atomic E-state index is 0.0106. The number of rotatable bonds is 2. The van der Waals surface area contributed by atoms with Gasteiger partial charge in [0.15, 0.2) is 5.58 Å². The Kier molecular flexibility index (Phi) is 2.59. The lowest BCUT2D eigenvalue weighted by molar-refractivity contribution is 0.474. The predicted molar refractivity (Wildman–Crippen MR) is 68.9 cm³/mol. The number of para-hydroxylation sites is 2. The van der Waals surface area contributed by atoms with Crippen LogP contribution in [0.4, 0.5) is 5.69 Å². The monoisotopic (exact) mass is 252 g/mol. The molecule has 3 aromatic rings. The molecule has 0 unspecified atom stereocenters. The van der Waals surface area contributed by atoms with Crippen molar-refractivity contribution in [3.63, 3.8) is 0 Å². The number of aromatic hydroxyl groups is 1. The molecule has 0 aliphatic carbocycles. The number of phenolic OH excluding ortho intramolecular Hbond substituents is 1. The van der Waals surface area contributed by atoms with Gasteiger partial charge in [0.1, 0.15) is 11.3 Å². The maximum Gasteiger partial charge on any atom is 0.240 e. The van der Waals surface area contributed by atoms with Crippen molar-refractivity contribution < 1.29 is 14.3 Å². The third kappa shape index (κ3) is 1.99. The number of aliphatic imine (C=N–C) groups is 1. The van der Waals surface area contributed by atoms with E-state index in [-0.39, 0.29) is 11.6 Å². The molecule has 0 fully saturated rings. The summed E-state index contributed by atoms with van der Waals surface area (Å²) in [6, 6.07) is 11.7. The van der Waals surface area contributed by atoms with Crippen LogP contribution in [-0.2, 0) is 4.79 Å². The number of hydrogen-bond donors (Lipinski definition) is 1. The first kappa shape index (κ1) is 11.2. The van der Waals surface area contributed by atoms with Crippen molar-refractivity contribution in [2.45, 2.75) is 0 Å². The minimum absolute atomic E-state index is 0.0106. The van der Waals surface area contributed by atoms with Crippen LogP contribution in [0.5, 0.6) is 5.75 Å². The van der Waals surface area contributed by atoms with Crippen molar-refractivity contribution in [3.05, 3.63) is 42.5 Å². The molecule has 2 aromatic carbocycles. The molecule has 1 N–H and O–H groups in total. The molecule has 3 rings (SSSR count). The summed E-state index contributed by atoms with van der Waals surface area (Å²) < 4.78 is 5.56. The molecular weight excluding hydrogens is 244 g/mol. The first-order valence-electron chi connectivity index (χ1n) is 5.55. The Morgan fingerprint density at radius 1 is 1.21 bits per heavy atom.